The number of nitrogens with one attached hydrogen (secondary N) is 1. The summed E-state index contributed by atoms with van der Waals surface area (Å²) in [5, 5.41) is 3.60. The maximum atomic E-state index is 3.60. The van der Waals surface area contributed by atoms with Gasteiger partial charge in [0.2, 0.25) is 0 Å². The van der Waals surface area contributed by atoms with Gasteiger partial charge in [0, 0.05) is 16.7 Å². The van der Waals surface area contributed by atoms with Gasteiger partial charge in [0.05, 0.1) is 0 Å². The Bertz CT molecular complexity index is 375. The lowest BCUT2D eigenvalue weighted by molar-refractivity contribution is 0.293. The quantitative estimate of drug-likeness (QED) is 0.828. The second kappa shape index (κ2) is 5.90. The van der Waals surface area contributed by atoms with E-state index in [1.165, 1.54) is 41.4 Å². The van der Waals surface area contributed by atoms with Crippen LogP contribution in [0.2, 0.25) is 0 Å². The van der Waals surface area contributed by atoms with Crippen molar-refractivity contribution in [2.45, 2.75) is 39.5 Å². The Balaban J connectivity index is 1.90. The highest BCUT2D eigenvalue weighted by atomic mass is 79.9. The molecule has 1 saturated carbocycles. The molecule has 0 aromatic heterocycles. The van der Waals surface area contributed by atoms with Crippen LogP contribution in [-0.4, -0.2) is 6.54 Å². The van der Waals surface area contributed by atoms with Crippen molar-refractivity contribution in [1.82, 2.24) is 0 Å². The second-order valence-corrected chi connectivity index (χ2v) is 6.36. The van der Waals surface area contributed by atoms with E-state index in [9.17, 15) is 0 Å². The minimum atomic E-state index is 0.853. The minimum absolute atomic E-state index is 0.853. The van der Waals surface area contributed by atoms with Crippen molar-refractivity contribution in [2.24, 2.45) is 11.8 Å². The first kappa shape index (κ1) is 12.9. The van der Waals surface area contributed by atoms with Crippen molar-refractivity contribution in [3.63, 3.8) is 0 Å². The van der Waals surface area contributed by atoms with Crippen molar-refractivity contribution in [2.75, 3.05) is 11.9 Å². The average Bonchev–Trinajstić information content (AvgIpc) is 2.30. The predicted molar refractivity (Wildman–Crippen MR) is 78.5 cm³/mol. The highest BCUT2D eigenvalue weighted by Gasteiger charge is 2.18. The van der Waals surface area contributed by atoms with E-state index in [0.717, 1.165) is 18.4 Å². The normalized spacial score (nSPS) is 24.6. The van der Waals surface area contributed by atoms with Crippen LogP contribution in [-0.2, 0) is 0 Å². The highest BCUT2D eigenvalue weighted by Crippen LogP contribution is 2.30. The fourth-order valence-electron chi connectivity index (χ4n) is 2.77. The summed E-state index contributed by atoms with van der Waals surface area (Å²) in [6, 6.07) is 6.48. The summed E-state index contributed by atoms with van der Waals surface area (Å²) in [5.41, 5.74) is 2.55. The van der Waals surface area contributed by atoms with Gasteiger partial charge in [-0.3, -0.25) is 0 Å². The molecule has 0 heterocycles. The Morgan fingerprint density at radius 1 is 1.35 bits per heavy atom. The maximum Gasteiger partial charge on any atom is 0.0487 e. The van der Waals surface area contributed by atoms with Crippen LogP contribution in [0.4, 0.5) is 5.69 Å². The molecule has 94 valence electrons. The van der Waals surface area contributed by atoms with Gasteiger partial charge >= 0.3 is 0 Å². The zero-order valence-corrected chi connectivity index (χ0v) is 12.4. The lowest BCUT2D eigenvalue weighted by Gasteiger charge is -2.27. The average molecular weight is 296 g/mol. The van der Waals surface area contributed by atoms with Crippen molar-refractivity contribution in [3.8, 4) is 0 Å². The fourth-order valence-corrected chi connectivity index (χ4v) is 3.16. The van der Waals surface area contributed by atoms with Crippen molar-refractivity contribution < 1.29 is 0 Å². The van der Waals surface area contributed by atoms with Gasteiger partial charge < -0.3 is 5.32 Å². The summed E-state index contributed by atoms with van der Waals surface area (Å²) in [4.78, 5) is 0. The largest absolute Gasteiger partial charge is 0.384 e. The molecule has 2 atom stereocenters. The third kappa shape index (κ3) is 3.74. The monoisotopic (exact) mass is 295 g/mol. The molecule has 1 fully saturated rings. The van der Waals surface area contributed by atoms with Crippen LogP contribution in [0.1, 0.15) is 38.2 Å². The standard InChI is InChI=1S/C15H22BrN/c1-11-4-3-5-13(8-11)10-17-15-9-12(2)6-7-14(15)16/h6-7,9,11,13,17H,3-5,8,10H2,1-2H3. The van der Waals surface area contributed by atoms with E-state index >= 15 is 0 Å². The van der Waals surface area contributed by atoms with Gasteiger partial charge in [0.15, 0.2) is 0 Å². The molecule has 0 saturated heterocycles. The lowest BCUT2D eigenvalue weighted by atomic mass is 9.82. The van der Waals surface area contributed by atoms with Gasteiger partial charge in [0.25, 0.3) is 0 Å². The molecule has 0 aliphatic heterocycles. The smallest absolute Gasteiger partial charge is 0.0487 e. The molecular formula is C15H22BrN. The fraction of sp³-hybridized carbons (Fsp3) is 0.600. The number of benzene rings is 1. The van der Waals surface area contributed by atoms with Crippen molar-refractivity contribution >= 4 is 21.6 Å². The molecule has 2 rings (SSSR count). The minimum Gasteiger partial charge on any atom is -0.384 e. The van der Waals surface area contributed by atoms with E-state index < -0.39 is 0 Å². The van der Waals surface area contributed by atoms with Gasteiger partial charge in [-0.05, 0) is 65.2 Å². The Hall–Kier alpha value is -0.500. The molecule has 1 aromatic carbocycles. The van der Waals surface area contributed by atoms with E-state index in [-0.39, 0.29) is 0 Å². The molecule has 0 spiro atoms. The molecule has 2 unspecified atom stereocenters. The number of hydrogen-bond donors (Lipinski definition) is 1. The third-order valence-electron chi connectivity index (χ3n) is 3.75. The SMILES string of the molecule is Cc1ccc(Br)c(NCC2CCCC(C)C2)c1. The number of aryl methyl sites for hydroxylation is 1. The Labute approximate surface area is 113 Å². The number of rotatable bonds is 3. The summed E-state index contributed by atoms with van der Waals surface area (Å²) in [7, 11) is 0. The summed E-state index contributed by atoms with van der Waals surface area (Å²) in [5.74, 6) is 1.77. The molecule has 0 amide bonds. The van der Waals surface area contributed by atoms with Gasteiger partial charge in [0.1, 0.15) is 0 Å². The van der Waals surface area contributed by atoms with Crippen LogP contribution in [0, 0.1) is 18.8 Å². The van der Waals surface area contributed by atoms with Crippen LogP contribution in [0.15, 0.2) is 22.7 Å². The molecule has 2 heteroatoms. The summed E-state index contributed by atoms with van der Waals surface area (Å²) >= 11 is 3.60. The highest BCUT2D eigenvalue weighted by molar-refractivity contribution is 9.10. The number of halogens is 1. The zero-order chi connectivity index (χ0) is 12.3. The Morgan fingerprint density at radius 2 is 2.18 bits per heavy atom. The first-order valence-corrected chi connectivity index (χ1v) is 7.44. The van der Waals surface area contributed by atoms with Crippen LogP contribution >= 0.6 is 15.9 Å². The molecule has 1 nitrogen and oxygen atoms in total. The van der Waals surface area contributed by atoms with Crippen LogP contribution in [0.25, 0.3) is 0 Å². The molecule has 0 radical (unpaired) electrons. The second-order valence-electron chi connectivity index (χ2n) is 5.50. The van der Waals surface area contributed by atoms with E-state index in [4.69, 9.17) is 0 Å². The molecule has 1 aliphatic carbocycles. The maximum absolute atomic E-state index is 3.60. The lowest BCUT2D eigenvalue weighted by Crippen LogP contribution is -2.21. The van der Waals surface area contributed by atoms with Crippen LogP contribution in [0.5, 0.6) is 0 Å². The van der Waals surface area contributed by atoms with Crippen LogP contribution in [0.3, 0.4) is 0 Å². The van der Waals surface area contributed by atoms with Gasteiger partial charge in [-0.25, -0.2) is 0 Å². The number of anilines is 1. The van der Waals surface area contributed by atoms with Gasteiger partial charge in [-0.2, -0.15) is 0 Å². The van der Waals surface area contributed by atoms with Gasteiger partial charge in [-0.1, -0.05) is 25.8 Å². The molecule has 1 aromatic rings. The van der Waals surface area contributed by atoms with Gasteiger partial charge in [-0.15, -0.1) is 0 Å². The third-order valence-corrected chi connectivity index (χ3v) is 4.44. The Morgan fingerprint density at radius 3 is 2.94 bits per heavy atom. The molecule has 0 bridgehead atoms. The first-order chi connectivity index (χ1) is 8.15. The van der Waals surface area contributed by atoms with Crippen molar-refractivity contribution in [1.29, 1.82) is 0 Å². The van der Waals surface area contributed by atoms with E-state index in [0.29, 0.717) is 0 Å². The summed E-state index contributed by atoms with van der Waals surface area (Å²) < 4.78 is 1.17. The van der Waals surface area contributed by atoms with E-state index in [2.05, 4.69) is 53.3 Å². The summed E-state index contributed by atoms with van der Waals surface area (Å²) in [6.07, 6.45) is 5.60. The molecular weight excluding hydrogens is 274 g/mol. The summed E-state index contributed by atoms with van der Waals surface area (Å²) in [6.45, 7) is 5.64. The van der Waals surface area contributed by atoms with Crippen molar-refractivity contribution in [3.05, 3.63) is 28.2 Å². The molecule has 17 heavy (non-hydrogen) atoms. The molecule has 1 N–H and O–H groups in total. The first-order valence-electron chi connectivity index (χ1n) is 6.65. The topological polar surface area (TPSA) is 12.0 Å². The molecule has 1 aliphatic rings. The van der Waals surface area contributed by atoms with Crippen LogP contribution < -0.4 is 5.32 Å². The number of hydrogen-bond acceptors (Lipinski definition) is 1. The Kier molecular flexibility index (Phi) is 4.49. The van der Waals surface area contributed by atoms with E-state index in [1.54, 1.807) is 0 Å². The zero-order valence-electron chi connectivity index (χ0n) is 10.8. The van der Waals surface area contributed by atoms with E-state index in [1.807, 2.05) is 0 Å². The predicted octanol–water partition coefficient (Wildman–Crippen LogP) is 5.00.